The van der Waals surface area contributed by atoms with Crippen LogP contribution in [-0.4, -0.2) is 29.8 Å². The van der Waals surface area contributed by atoms with Crippen molar-refractivity contribution in [1.29, 1.82) is 0 Å². The van der Waals surface area contributed by atoms with Gasteiger partial charge in [0.1, 0.15) is 5.75 Å². The van der Waals surface area contributed by atoms with Crippen LogP contribution >= 0.6 is 0 Å². The minimum absolute atomic E-state index is 0.0425. The number of hydrogen-bond donors (Lipinski definition) is 2. The van der Waals surface area contributed by atoms with Crippen LogP contribution in [-0.2, 0) is 4.79 Å². The number of rotatable bonds is 5. The molecule has 0 saturated carbocycles. The lowest BCUT2D eigenvalue weighted by Crippen LogP contribution is -2.40. The molecule has 0 aliphatic carbocycles. The number of hydrogen-bond acceptors (Lipinski definition) is 3. The van der Waals surface area contributed by atoms with E-state index in [1.807, 2.05) is 31.2 Å². The van der Waals surface area contributed by atoms with Gasteiger partial charge in [0.2, 0.25) is 0 Å². The van der Waals surface area contributed by atoms with E-state index in [1.54, 1.807) is 13.8 Å². The molecular formula is C13H19NO3. The number of carbonyl (C=O) groups excluding carboxylic acids is 1. The molecule has 0 bridgehead atoms. The van der Waals surface area contributed by atoms with Gasteiger partial charge >= 0.3 is 0 Å². The fraction of sp³-hybridized carbons (Fsp3) is 0.462. The molecule has 0 heterocycles. The second kappa shape index (κ2) is 5.68. The monoisotopic (exact) mass is 237 g/mol. The third kappa shape index (κ3) is 5.92. The van der Waals surface area contributed by atoms with Gasteiger partial charge in [-0.3, -0.25) is 4.79 Å². The molecule has 0 saturated heterocycles. The first-order chi connectivity index (χ1) is 7.87. The van der Waals surface area contributed by atoms with Crippen LogP contribution in [0.25, 0.3) is 0 Å². The van der Waals surface area contributed by atoms with Crippen LogP contribution in [0.1, 0.15) is 19.4 Å². The highest BCUT2D eigenvalue weighted by Gasteiger charge is 2.13. The Morgan fingerprint density at radius 1 is 1.35 bits per heavy atom. The SMILES string of the molecule is Cc1ccc(OCC(=O)NCC(C)(C)O)cc1. The zero-order valence-corrected chi connectivity index (χ0v) is 10.5. The Morgan fingerprint density at radius 3 is 2.47 bits per heavy atom. The lowest BCUT2D eigenvalue weighted by molar-refractivity contribution is -0.124. The smallest absolute Gasteiger partial charge is 0.258 e. The van der Waals surface area contributed by atoms with Crippen molar-refractivity contribution in [3.8, 4) is 5.75 Å². The number of aryl methyl sites for hydroxylation is 1. The first kappa shape index (κ1) is 13.5. The molecular weight excluding hydrogens is 218 g/mol. The predicted molar refractivity (Wildman–Crippen MR) is 66.0 cm³/mol. The third-order valence-electron chi connectivity index (χ3n) is 2.11. The average Bonchev–Trinajstić information content (AvgIpc) is 2.25. The van der Waals surface area contributed by atoms with E-state index in [9.17, 15) is 9.90 Å². The van der Waals surface area contributed by atoms with Crippen LogP contribution in [0.15, 0.2) is 24.3 Å². The van der Waals surface area contributed by atoms with E-state index in [0.717, 1.165) is 5.56 Å². The molecule has 2 N–H and O–H groups in total. The molecule has 1 aromatic rings. The first-order valence-corrected chi connectivity index (χ1v) is 5.55. The lowest BCUT2D eigenvalue weighted by atomic mass is 10.1. The summed E-state index contributed by atoms with van der Waals surface area (Å²) in [6.07, 6.45) is 0. The van der Waals surface area contributed by atoms with Crippen LogP contribution in [0.2, 0.25) is 0 Å². The molecule has 94 valence electrons. The highest BCUT2D eigenvalue weighted by atomic mass is 16.5. The fourth-order valence-electron chi connectivity index (χ4n) is 1.15. The van der Waals surface area contributed by atoms with Crippen LogP contribution < -0.4 is 10.1 Å². The number of nitrogens with one attached hydrogen (secondary N) is 1. The Hall–Kier alpha value is -1.55. The van der Waals surface area contributed by atoms with Gasteiger partial charge in [-0.05, 0) is 32.9 Å². The molecule has 1 amide bonds. The minimum atomic E-state index is -0.903. The van der Waals surface area contributed by atoms with Crippen molar-refractivity contribution in [3.63, 3.8) is 0 Å². The molecule has 0 radical (unpaired) electrons. The van der Waals surface area contributed by atoms with Crippen molar-refractivity contribution in [1.82, 2.24) is 5.32 Å². The van der Waals surface area contributed by atoms with Gasteiger partial charge in [-0.1, -0.05) is 17.7 Å². The Labute approximate surface area is 102 Å². The fourth-order valence-corrected chi connectivity index (χ4v) is 1.15. The van der Waals surface area contributed by atoms with E-state index in [-0.39, 0.29) is 19.1 Å². The molecule has 0 spiro atoms. The van der Waals surface area contributed by atoms with Gasteiger partial charge < -0.3 is 15.2 Å². The summed E-state index contributed by atoms with van der Waals surface area (Å²) in [7, 11) is 0. The molecule has 0 aliphatic rings. The summed E-state index contributed by atoms with van der Waals surface area (Å²) in [4.78, 5) is 11.4. The van der Waals surface area contributed by atoms with Crippen molar-refractivity contribution in [2.75, 3.05) is 13.2 Å². The van der Waals surface area contributed by atoms with Crippen molar-refractivity contribution in [2.24, 2.45) is 0 Å². The average molecular weight is 237 g/mol. The van der Waals surface area contributed by atoms with Crippen LogP contribution in [0.5, 0.6) is 5.75 Å². The molecule has 1 rings (SSSR count). The summed E-state index contributed by atoms with van der Waals surface area (Å²) in [6, 6.07) is 7.48. The van der Waals surface area contributed by atoms with E-state index >= 15 is 0 Å². The van der Waals surface area contributed by atoms with E-state index in [0.29, 0.717) is 5.75 Å². The molecule has 4 nitrogen and oxygen atoms in total. The molecule has 17 heavy (non-hydrogen) atoms. The Kier molecular flexibility index (Phi) is 4.52. The van der Waals surface area contributed by atoms with Gasteiger partial charge in [0.25, 0.3) is 5.91 Å². The molecule has 0 fully saturated rings. The largest absolute Gasteiger partial charge is 0.484 e. The summed E-state index contributed by atoms with van der Waals surface area (Å²) in [6.45, 7) is 5.42. The van der Waals surface area contributed by atoms with E-state index in [2.05, 4.69) is 5.32 Å². The summed E-state index contributed by atoms with van der Waals surface area (Å²) < 4.78 is 5.29. The summed E-state index contributed by atoms with van der Waals surface area (Å²) in [5.74, 6) is 0.418. The maximum atomic E-state index is 11.4. The van der Waals surface area contributed by atoms with Crippen LogP contribution in [0.3, 0.4) is 0 Å². The van der Waals surface area contributed by atoms with Gasteiger partial charge in [-0.25, -0.2) is 0 Å². The molecule has 1 aromatic carbocycles. The van der Waals surface area contributed by atoms with E-state index in [4.69, 9.17) is 4.74 Å². The molecule has 4 heteroatoms. The zero-order valence-electron chi connectivity index (χ0n) is 10.5. The number of benzene rings is 1. The molecule has 0 aliphatic heterocycles. The van der Waals surface area contributed by atoms with Gasteiger partial charge in [-0.2, -0.15) is 0 Å². The van der Waals surface area contributed by atoms with Crippen molar-refractivity contribution >= 4 is 5.91 Å². The molecule has 0 unspecified atom stereocenters. The Morgan fingerprint density at radius 2 is 1.94 bits per heavy atom. The first-order valence-electron chi connectivity index (χ1n) is 5.55. The maximum Gasteiger partial charge on any atom is 0.258 e. The minimum Gasteiger partial charge on any atom is -0.484 e. The summed E-state index contributed by atoms with van der Waals surface area (Å²) >= 11 is 0. The lowest BCUT2D eigenvalue weighted by Gasteiger charge is -2.17. The second-order valence-corrected chi connectivity index (χ2v) is 4.69. The third-order valence-corrected chi connectivity index (χ3v) is 2.11. The highest BCUT2D eigenvalue weighted by Crippen LogP contribution is 2.10. The Balaban J connectivity index is 2.31. The topological polar surface area (TPSA) is 58.6 Å². The molecule has 0 aromatic heterocycles. The van der Waals surface area contributed by atoms with Gasteiger partial charge in [-0.15, -0.1) is 0 Å². The van der Waals surface area contributed by atoms with E-state index < -0.39 is 5.60 Å². The molecule has 0 atom stereocenters. The highest BCUT2D eigenvalue weighted by molar-refractivity contribution is 5.77. The number of amides is 1. The second-order valence-electron chi connectivity index (χ2n) is 4.69. The van der Waals surface area contributed by atoms with Gasteiger partial charge in [0, 0.05) is 6.54 Å². The van der Waals surface area contributed by atoms with Crippen LogP contribution in [0.4, 0.5) is 0 Å². The number of aliphatic hydroxyl groups is 1. The number of ether oxygens (including phenoxy) is 1. The quantitative estimate of drug-likeness (QED) is 0.810. The van der Waals surface area contributed by atoms with E-state index in [1.165, 1.54) is 0 Å². The normalized spacial score (nSPS) is 11.1. The zero-order chi connectivity index (χ0) is 12.9. The Bertz CT molecular complexity index is 365. The predicted octanol–water partition coefficient (Wildman–Crippen LogP) is 1.26. The van der Waals surface area contributed by atoms with Crippen molar-refractivity contribution < 1.29 is 14.6 Å². The number of carbonyl (C=O) groups is 1. The van der Waals surface area contributed by atoms with Crippen molar-refractivity contribution in [3.05, 3.63) is 29.8 Å². The summed E-state index contributed by atoms with van der Waals surface area (Å²) in [5, 5.41) is 12.0. The maximum absolute atomic E-state index is 11.4. The summed E-state index contributed by atoms with van der Waals surface area (Å²) in [5.41, 5.74) is 0.239. The van der Waals surface area contributed by atoms with Crippen LogP contribution in [0, 0.1) is 6.92 Å². The van der Waals surface area contributed by atoms with Gasteiger partial charge in [0.15, 0.2) is 6.61 Å². The standard InChI is InChI=1S/C13H19NO3/c1-10-4-6-11(7-5-10)17-8-12(15)14-9-13(2,3)16/h4-7,16H,8-9H2,1-3H3,(H,14,15). The van der Waals surface area contributed by atoms with Crippen molar-refractivity contribution in [2.45, 2.75) is 26.4 Å². The van der Waals surface area contributed by atoms with Gasteiger partial charge in [0.05, 0.1) is 5.60 Å².